The maximum Gasteiger partial charge on any atom is 0.239 e. The summed E-state index contributed by atoms with van der Waals surface area (Å²) < 4.78 is 0. The molecule has 0 bridgehead atoms. The van der Waals surface area contributed by atoms with Crippen molar-refractivity contribution in [3.05, 3.63) is 0 Å². The van der Waals surface area contributed by atoms with Crippen molar-refractivity contribution in [3.8, 4) is 0 Å². The standard InChI is InChI=1S/C13H24N4O2/c1-10(12(18)17-6-2-3-7-17)15-9-13(4-5-13)8-11(14)16-19/h10,15,19H,2-9H2,1H3,(H2,14,16). The van der Waals surface area contributed by atoms with Crippen LogP contribution in [-0.2, 0) is 4.79 Å². The van der Waals surface area contributed by atoms with Crippen molar-refractivity contribution in [2.45, 2.75) is 45.1 Å². The lowest BCUT2D eigenvalue weighted by molar-refractivity contribution is -0.132. The summed E-state index contributed by atoms with van der Waals surface area (Å²) in [6.07, 6.45) is 4.97. The predicted molar refractivity (Wildman–Crippen MR) is 73.0 cm³/mol. The molecular weight excluding hydrogens is 244 g/mol. The van der Waals surface area contributed by atoms with Crippen molar-refractivity contribution in [2.75, 3.05) is 19.6 Å². The smallest absolute Gasteiger partial charge is 0.239 e. The molecule has 6 heteroatoms. The molecule has 2 rings (SSSR count). The molecule has 1 aliphatic heterocycles. The topological polar surface area (TPSA) is 91.0 Å². The molecule has 1 unspecified atom stereocenters. The Bertz CT molecular complexity index is 360. The van der Waals surface area contributed by atoms with Gasteiger partial charge in [0.1, 0.15) is 5.84 Å². The van der Waals surface area contributed by atoms with Crippen molar-refractivity contribution in [2.24, 2.45) is 16.3 Å². The third-order valence-electron chi connectivity index (χ3n) is 4.21. The Morgan fingerprint density at radius 3 is 2.63 bits per heavy atom. The molecular formula is C13H24N4O2. The number of rotatable bonds is 6. The molecule has 1 saturated carbocycles. The van der Waals surface area contributed by atoms with Gasteiger partial charge in [0, 0.05) is 26.1 Å². The summed E-state index contributed by atoms with van der Waals surface area (Å²) in [6, 6.07) is -0.150. The summed E-state index contributed by atoms with van der Waals surface area (Å²) in [5.74, 6) is 0.468. The molecule has 2 fully saturated rings. The number of amides is 1. The molecule has 0 aromatic heterocycles. The molecule has 1 amide bonds. The highest BCUT2D eigenvalue weighted by atomic mass is 16.4. The highest BCUT2D eigenvalue weighted by molar-refractivity contribution is 5.82. The Morgan fingerprint density at radius 1 is 1.47 bits per heavy atom. The van der Waals surface area contributed by atoms with Crippen molar-refractivity contribution in [1.29, 1.82) is 0 Å². The fourth-order valence-electron chi connectivity index (χ4n) is 2.68. The zero-order chi connectivity index (χ0) is 13.9. The molecule has 6 nitrogen and oxygen atoms in total. The zero-order valence-corrected chi connectivity index (χ0v) is 11.6. The molecule has 0 spiro atoms. The van der Waals surface area contributed by atoms with Gasteiger partial charge in [0.2, 0.25) is 5.91 Å². The normalized spacial score (nSPS) is 23.4. The Hall–Kier alpha value is -1.30. The first-order valence-corrected chi connectivity index (χ1v) is 7.05. The lowest BCUT2D eigenvalue weighted by Crippen LogP contribution is -2.45. The third-order valence-corrected chi connectivity index (χ3v) is 4.21. The Kier molecular flexibility index (Phi) is 4.29. The summed E-state index contributed by atoms with van der Waals surface area (Å²) >= 11 is 0. The van der Waals surface area contributed by atoms with Crippen molar-refractivity contribution in [3.63, 3.8) is 0 Å². The molecule has 108 valence electrons. The minimum Gasteiger partial charge on any atom is -0.409 e. The molecule has 4 N–H and O–H groups in total. The number of carbonyl (C=O) groups is 1. The summed E-state index contributed by atoms with van der Waals surface area (Å²) in [7, 11) is 0. The van der Waals surface area contributed by atoms with E-state index in [2.05, 4.69) is 10.5 Å². The first kappa shape index (κ1) is 14.1. The van der Waals surface area contributed by atoms with Crippen molar-refractivity contribution in [1.82, 2.24) is 10.2 Å². The molecule has 0 radical (unpaired) electrons. The first-order chi connectivity index (χ1) is 9.06. The Morgan fingerprint density at radius 2 is 2.11 bits per heavy atom. The van der Waals surface area contributed by atoms with Crippen LogP contribution in [0.3, 0.4) is 0 Å². The number of amidine groups is 1. The molecule has 1 saturated heterocycles. The number of carbonyl (C=O) groups excluding carboxylic acids is 1. The summed E-state index contributed by atoms with van der Waals surface area (Å²) in [4.78, 5) is 14.1. The molecule has 1 atom stereocenters. The van der Waals surface area contributed by atoms with Gasteiger partial charge in [-0.15, -0.1) is 0 Å². The molecule has 0 aromatic rings. The average Bonchev–Trinajstić information content (AvgIpc) is 2.95. The number of oxime groups is 1. The largest absolute Gasteiger partial charge is 0.409 e. The minimum absolute atomic E-state index is 0.0931. The SMILES string of the molecule is CC(NCC1(CC(N)=NO)CC1)C(=O)N1CCCC1. The van der Waals surface area contributed by atoms with E-state index in [1.54, 1.807) is 0 Å². The molecule has 0 aromatic carbocycles. The van der Waals surface area contributed by atoms with Crippen molar-refractivity contribution >= 4 is 11.7 Å². The highest BCUT2D eigenvalue weighted by Crippen LogP contribution is 2.48. The second kappa shape index (κ2) is 5.77. The fraction of sp³-hybridized carbons (Fsp3) is 0.846. The van der Waals surface area contributed by atoms with Gasteiger partial charge in [0.25, 0.3) is 0 Å². The first-order valence-electron chi connectivity index (χ1n) is 7.05. The van der Waals surface area contributed by atoms with E-state index in [9.17, 15) is 4.79 Å². The lowest BCUT2D eigenvalue weighted by Gasteiger charge is -2.23. The maximum atomic E-state index is 12.1. The Labute approximate surface area is 114 Å². The Balaban J connectivity index is 1.77. The van der Waals surface area contributed by atoms with E-state index in [0.717, 1.165) is 45.3 Å². The molecule has 1 heterocycles. The lowest BCUT2D eigenvalue weighted by atomic mass is 10.0. The average molecular weight is 268 g/mol. The number of nitrogens with one attached hydrogen (secondary N) is 1. The van der Waals surface area contributed by atoms with Crippen LogP contribution >= 0.6 is 0 Å². The van der Waals surface area contributed by atoms with E-state index in [1.165, 1.54) is 0 Å². The fourth-order valence-corrected chi connectivity index (χ4v) is 2.68. The second-order valence-corrected chi connectivity index (χ2v) is 5.90. The zero-order valence-electron chi connectivity index (χ0n) is 11.6. The van der Waals surface area contributed by atoms with Crippen LogP contribution in [0.5, 0.6) is 0 Å². The predicted octanol–water partition coefficient (Wildman–Crippen LogP) is 0.504. The molecule has 2 aliphatic rings. The number of hydrogen-bond acceptors (Lipinski definition) is 4. The summed E-state index contributed by atoms with van der Waals surface area (Å²) in [5.41, 5.74) is 5.65. The van der Waals surface area contributed by atoms with Gasteiger partial charge in [-0.3, -0.25) is 4.79 Å². The summed E-state index contributed by atoms with van der Waals surface area (Å²) in [6.45, 7) is 4.45. The van der Waals surface area contributed by atoms with Crippen LogP contribution in [0.25, 0.3) is 0 Å². The van der Waals surface area contributed by atoms with Gasteiger partial charge >= 0.3 is 0 Å². The number of likely N-dealkylation sites (tertiary alicyclic amines) is 1. The van der Waals surface area contributed by atoms with Gasteiger partial charge in [0.15, 0.2) is 0 Å². The third kappa shape index (κ3) is 3.59. The van der Waals surface area contributed by atoms with E-state index < -0.39 is 0 Å². The number of nitrogens with zero attached hydrogens (tertiary/aromatic N) is 2. The van der Waals surface area contributed by atoms with Gasteiger partial charge in [-0.1, -0.05) is 5.16 Å². The van der Waals surface area contributed by atoms with Crippen LogP contribution in [0.4, 0.5) is 0 Å². The van der Waals surface area contributed by atoms with E-state index >= 15 is 0 Å². The van der Waals surface area contributed by atoms with Crippen LogP contribution in [0.1, 0.15) is 39.0 Å². The van der Waals surface area contributed by atoms with E-state index in [1.807, 2.05) is 11.8 Å². The van der Waals surface area contributed by atoms with Crippen LogP contribution < -0.4 is 11.1 Å². The highest BCUT2D eigenvalue weighted by Gasteiger charge is 2.43. The minimum atomic E-state index is -0.150. The van der Waals surface area contributed by atoms with Gasteiger partial charge in [-0.25, -0.2) is 0 Å². The molecule has 19 heavy (non-hydrogen) atoms. The number of nitrogens with two attached hydrogens (primary N) is 1. The van der Waals surface area contributed by atoms with Gasteiger partial charge in [0.05, 0.1) is 6.04 Å². The number of hydrogen-bond donors (Lipinski definition) is 3. The van der Waals surface area contributed by atoms with Gasteiger partial charge < -0.3 is 21.2 Å². The van der Waals surface area contributed by atoms with Crippen LogP contribution in [-0.4, -0.2) is 47.5 Å². The second-order valence-electron chi connectivity index (χ2n) is 5.90. The monoisotopic (exact) mass is 268 g/mol. The van der Waals surface area contributed by atoms with Crippen LogP contribution in [0.15, 0.2) is 5.16 Å². The van der Waals surface area contributed by atoms with E-state index in [-0.39, 0.29) is 23.2 Å². The summed E-state index contributed by atoms with van der Waals surface area (Å²) in [5, 5.41) is 15.0. The van der Waals surface area contributed by atoms with Crippen LogP contribution in [0.2, 0.25) is 0 Å². The molecule has 1 aliphatic carbocycles. The van der Waals surface area contributed by atoms with Crippen LogP contribution in [0, 0.1) is 5.41 Å². The van der Waals surface area contributed by atoms with E-state index in [0.29, 0.717) is 6.42 Å². The van der Waals surface area contributed by atoms with Gasteiger partial charge in [-0.05, 0) is 38.0 Å². The van der Waals surface area contributed by atoms with Crippen molar-refractivity contribution < 1.29 is 10.0 Å². The van der Waals surface area contributed by atoms with Gasteiger partial charge in [-0.2, -0.15) is 0 Å². The van der Waals surface area contributed by atoms with E-state index in [4.69, 9.17) is 10.9 Å². The quantitative estimate of drug-likeness (QED) is 0.283. The maximum absolute atomic E-state index is 12.1.